The number of carbonyl (C=O) groups is 2. The van der Waals surface area contributed by atoms with Gasteiger partial charge >= 0.3 is 0 Å². The van der Waals surface area contributed by atoms with Gasteiger partial charge in [-0.25, -0.2) is 4.90 Å². The van der Waals surface area contributed by atoms with Crippen LogP contribution >= 0.6 is 0 Å². The van der Waals surface area contributed by atoms with Gasteiger partial charge in [0, 0.05) is 17.8 Å². The molecule has 1 aliphatic rings. The second kappa shape index (κ2) is 3.48. The average Bonchev–Trinajstić information content (AvgIpc) is 2.54. The number of benzene rings is 1. The topological polar surface area (TPSA) is 63.4 Å². The molecule has 0 bridgehead atoms. The molecule has 0 saturated carbocycles. The van der Waals surface area contributed by atoms with Crippen LogP contribution in [0.4, 0.5) is 11.4 Å². The number of nitrogens with zero attached hydrogens (tertiary/aromatic N) is 1. The van der Waals surface area contributed by atoms with Gasteiger partial charge in [0.25, 0.3) is 11.8 Å². The number of carbonyl (C=O) groups excluding carboxylic acids is 2. The van der Waals surface area contributed by atoms with Crippen LogP contribution in [0.5, 0.6) is 0 Å². The molecule has 0 fully saturated rings. The summed E-state index contributed by atoms with van der Waals surface area (Å²) in [5.74, 6) is -0.623. The van der Waals surface area contributed by atoms with Crippen molar-refractivity contribution in [2.24, 2.45) is 0 Å². The summed E-state index contributed by atoms with van der Waals surface area (Å²) in [6, 6.07) is 3.48. The third-order valence-electron chi connectivity index (χ3n) is 2.65. The molecule has 2 rings (SSSR count). The first-order chi connectivity index (χ1) is 7.50. The Kier molecular flexibility index (Phi) is 2.27. The van der Waals surface area contributed by atoms with Gasteiger partial charge in [0.1, 0.15) is 0 Å². The van der Waals surface area contributed by atoms with Crippen molar-refractivity contribution in [3.63, 3.8) is 0 Å². The molecule has 1 aliphatic heterocycles. The van der Waals surface area contributed by atoms with Crippen molar-refractivity contribution in [3.8, 4) is 0 Å². The Balaban J connectivity index is 2.50. The molecule has 0 spiro atoms. The van der Waals surface area contributed by atoms with Crippen molar-refractivity contribution >= 4 is 23.2 Å². The summed E-state index contributed by atoms with van der Waals surface area (Å²) in [5.41, 5.74) is 8.81. The molecule has 2 amide bonds. The van der Waals surface area contributed by atoms with Crippen molar-refractivity contribution in [2.75, 3.05) is 10.6 Å². The zero-order chi connectivity index (χ0) is 11.9. The van der Waals surface area contributed by atoms with Crippen LogP contribution < -0.4 is 10.6 Å². The molecule has 1 heterocycles. The molecule has 0 aliphatic carbocycles. The summed E-state index contributed by atoms with van der Waals surface area (Å²) < 4.78 is 0. The van der Waals surface area contributed by atoms with E-state index in [0.717, 1.165) is 16.0 Å². The van der Waals surface area contributed by atoms with Gasteiger partial charge in [-0.1, -0.05) is 0 Å². The molecular weight excluding hydrogens is 204 g/mol. The van der Waals surface area contributed by atoms with Gasteiger partial charge in [-0.05, 0) is 37.1 Å². The molecule has 0 radical (unpaired) electrons. The molecule has 4 heteroatoms. The van der Waals surface area contributed by atoms with E-state index in [1.807, 2.05) is 13.8 Å². The van der Waals surface area contributed by atoms with Gasteiger partial charge in [-0.3, -0.25) is 9.59 Å². The van der Waals surface area contributed by atoms with E-state index in [1.165, 1.54) is 12.2 Å². The third-order valence-corrected chi connectivity index (χ3v) is 2.65. The number of nitrogen functional groups attached to an aromatic ring is 1. The first-order valence-electron chi connectivity index (χ1n) is 4.93. The average molecular weight is 216 g/mol. The van der Waals surface area contributed by atoms with Crippen LogP contribution in [0.1, 0.15) is 11.1 Å². The molecule has 4 nitrogen and oxygen atoms in total. The highest BCUT2D eigenvalue weighted by atomic mass is 16.2. The van der Waals surface area contributed by atoms with E-state index in [1.54, 1.807) is 12.1 Å². The highest BCUT2D eigenvalue weighted by Crippen LogP contribution is 2.26. The monoisotopic (exact) mass is 216 g/mol. The Morgan fingerprint density at radius 3 is 1.88 bits per heavy atom. The molecular formula is C12H12N2O2. The number of hydrogen-bond acceptors (Lipinski definition) is 3. The smallest absolute Gasteiger partial charge is 0.258 e. The van der Waals surface area contributed by atoms with Gasteiger partial charge < -0.3 is 5.73 Å². The Morgan fingerprint density at radius 2 is 1.44 bits per heavy atom. The molecule has 0 unspecified atom stereocenters. The van der Waals surface area contributed by atoms with Crippen molar-refractivity contribution in [1.82, 2.24) is 0 Å². The molecule has 0 aromatic heterocycles. The quantitative estimate of drug-likeness (QED) is 0.568. The second-order valence-corrected chi connectivity index (χ2v) is 3.84. The molecule has 2 N–H and O–H groups in total. The summed E-state index contributed by atoms with van der Waals surface area (Å²) in [7, 11) is 0. The lowest BCUT2D eigenvalue weighted by molar-refractivity contribution is -0.119. The van der Waals surface area contributed by atoms with Crippen LogP contribution in [0.25, 0.3) is 0 Å². The Bertz CT molecular complexity index is 477. The molecule has 0 saturated heterocycles. The van der Waals surface area contributed by atoms with E-state index in [-0.39, 0.29) is 11.8 Å². The van der Waals surface area contributed by atoms with Crippen LogP contribution in [0.2, 0.25) is 0 Å². The molecule has 1 aromatic carbocycles. The number of imide groups is 1. The lowest BCUT2D eigenvalue weighted by Gasteiger charge is -2.16. The van der Waals surface area contributed by atoms with Gasteiger partial charge in [-0.15, -0.1) is 0 Å². The second-order valence-electron chi connectivity index (χ2n) is 3.84. The van der Waals surface area contributed by atoms with Gasteiger partial charge in [-0.2, -0.15) is 0 Å². The normalized spacial score (nSPS) is 15.0. The van der Waals surface area contributed by atoms with Gasteiger partial charge in [0.2, 0.25) is 0 Å². The summed E-state index contributed by atoms with van der Waals surface area (Å²) in [5, 5.41) is 0. The third kappa shape index (κ3) is 1.48. The zero-order valence-electron chi connectivity index (χ0n) is 9.15. The number of rotatable bonds is 1. The van der Waals surface area contributed by atoms with E-state index in [4.69, 9.17) is 5.73 Å². The Morgan fingerprint density at radius 1 is 1.00 bits per heavy atom. The highest BCUT2D eigenvalue weighted by Gasteiger charge is 2.25. The highest BCUT2D eigenvalue weighted by molar-refractivity contribution is 6.28. The van der Waals surface area contributed by atoms with Crippen LogP contribution in [0.15, 0.2) is 24.3 Å². The minimum absolute atomic E-state index is 0.312. The first-order valence-corrected chi connectivity index (χ1v) is 4.93. The number of amides is 2. The van der Waals surface area contributed by atoms with Gasteiger partial charge in [0.05, 0.1) is 5.69 Å². The lowest BCUT2D eigenvalue weighted by atomic mass is 10.1. The maximum absolute atomic E-state index is 11.5. The largest absolute Gasteiger partial charge is 0.398 e. The molecule has 16 heavy (non-hydrogen) atoms. The van der Waals surface area contributed by atoms with Crippen molar-refractivity contribution in [2.45, 2.75) is 13.8 Å². The minimum Gasteiger partial charge on any atom is -0.398 e. The fourth-order valence-corrected chi connectivity index (χ4v) is 1.74. The zero-order valence-corrected chi connectivity index (χ0v) is 9.15. The summed E-state index contributed by atoms with van der Waals surface area (Å²) in [6.07, 6.45) is 2.53. The predicted molar refractivity (Wildman–Crippen MR) is 62.0 cm³/mol. The number of nitrogens with two attached hydrogens (primary N) is 1. The van der Waals surface area contributed by atoms with Crippen LogP contribution in [0.3, 0.4) is 0 Å². The SMILES string of the molecule is Cc1cc(N2C(=O)C=CC2=O)cc(C)c1N. The molecule has 0 atom stereocenters. The number of anilines is 2. The first kappa shape index (κ1) is 10.4. The number of aryl methyl sites for hydroxylation is 2. The summed E-state index contributed by atoms with van der Waals surface area (Å²) >= 11 is 0. The van der Waals surface area contributed by atoms with E-state index >= 15 is 0 Å². The van der Waals surface area contributed by atoms with E-state index in [0.29, 0.717) is 11.4 Å². The predicted octanol–water partition coefficient (Wildman–Crippen LogP) is 1.32. The molecule has 1 aromatic rings. The van der Waals surface area contributed by atoms with Crippen molar-refractivity contribution in [1.29, 1.82) is 0 Å². The maximum atomic E-state index is 11.5. The van der Waals surface area contributed by atoms with E-state index in [9.17, 15) is 9.59 Å². The van der Waals surface area contributed by atoms with Crippen LogP contribution in [-0.2, 0) is 9.59 Å². The van der Waals surface area contributed by atoms with E-state index < -0.39 is 0 Å². The molecule has 82 valence electrons. The maximum Gasteiger partial charge on any atom is 0.258 e. The minimum atomic E-state index is -0.312. The van der Waals surface area contributed by atoms with Crippen molar-refractivity contribution < 1.29 is 9.59 Å². The van der Waals surface area contributed by atoms with Crippen LogP contribution in [0, 0.1) is 13.8 Å². The Labute approximate surface area is 93.3 Å². The lowest BCUT2D eigenvalue weighted by Crippen LogP contribution is -2.29. The van der Waals surface area contributed by atoms with Gasteiger partial charge in [0.15, 0.2) is 0 Å². The number of hydrogen-bond donors (Lipinski definition) is 1. The fraction of sp³-hybridized carbons (Fsp3) is 0.167. The standard InChI is InChI=1S/C12H12N2O2/c1-7-5-9(6-8(2)12(7)13)14-10(15)3-4-11(14)16/h3-6H,13H2,1-2H3. The van der Waals surface area contributed by atoms with Crippen molar-refractivity contribution in [3.05, 3.63) is 35.4 Å². The Hall–Kier alpha value is -2.10. The van der Waals surface area contributed by atoms with Crippen LogP contribution in [-0.4, -0.2) is 11.8 Å². The fourth-order valence-electron chi connectivity index (χ4n) is 1.74. The summed E-state index contributed by atoms with van der Waals surface area (Å²) in [4.78, 5) is 24.1. The summed E-state index contributed by atoms with van der Waals surface area (Å²) in [6.45, 7) is 3.70. The van der Waals surface area contributed by atoms with E-state index in [2.05, 4.69) is 0 Å².